The summed E-state index contributed by atoms with van der Waals surface area (Å²) in [6.45, 7) is 12.8. The quantitative estimate of drug-likeness (QED) is 0.571. The molecule has 0 saturated carbocycles. The molecule has 18 heavy (non-hydrogen) atoms. The van der Waals surface area contributed by atoms with Gasteiger partial charge in [0.1, 0.15) is 5.25 Å². The Morgan fingerprint density at radius 1 is 1.28 bits per heavy atom. The third-order valence-electron chi connectivity index (χ3n) is 2.04. The Balaban J connectivity index is 4.59. The topological polar surface area (TPSA) is 35.5 Å². The zero-order chi connectivity index (χ0) is 14.3. The molecule has 0 N–H and O–H groups in total. The fraction of sp³-hybridized carbons (Fsp3) is 0.846. The van der Waals surface area contributed by atoms with Crippen LogP contribution in [0, 0.1) is 11.3 Å². The lowest BCUT2D eigenvalue weighted by Crippen LogP contribution is -2.35. The number of carbonyl (C=O) groups is 1. The van der Waals surface area contributed by atoms with Crippen LogP contribution in [0.15, 0.2) is 0 Å². The van der Waals surface area contributed by atoms with Gasteiger partial charge in [-0.3, -0.25) is 4.79 Å². The Labute approximate surface area is 120 Å². The number of thiocarbonyl (C=S) groups is 1. The standard InChI is InChI=1S/C13H24O3S2/c1-7-15-12(17)18-10(13(4,5)6)11(14)16-8-9(2)3/h9-10H,7-8H2,1-6H3. The van der Waals surface area contributed by atoms with Crippen molar-refractivity contribution in [3.63, 3.8) is 0 Å². The van der Waals surface area contributed by atoms with Gasteiger partial charge in [-0.25, -0.2) is 0 Å². The van der Waals surface area contributed by atoms with E-state index in [9.17, 15) is 4.79 Å². The van der Waals surface area contributed by atoms with Crippen LogP contribution in [0.4, 0.5) is 0 Å². The second-order valence-corrected chi connectivity index (χ2v) is 7.28. The Kier molecular flexibility index (Phi) is 7.87. The van der Waals surface area contributed by atoms with Gasteiger partial charge in [0.2, 0.25) is 4.38 Å². The minimum Gasteiger partial charge on any atom is -0.479 e. The van der Waals surface area contributed by atoms with E-state index >= 15 is 0 Å². The van der Waals surface area contributed by atoms with E-state index in [2.05, 4.69) is 0 Å². The molecule has 0 amide bonds. The maximum absolute atomic E-state index is 12.1. The molecule has 0 bridgehead atoms. The van der Waals surface area contributed by atoms with Crippen molar-refractivity contribution in [2.24, 2.45) is 11.3 Å². The highest BCUT2D eigenvalue weighted by atomic mass is 32.2. The van der Waals surface area contributed by atoms with E-state index in [1.54, 1.807) is 0 Å². The van der Waals surface area contributed by atoms with Gasteiger partial charge in [0.25, 0.3) is 0 Å². The minimum absolute atomic E-state index is 0.219. The van der Waals surface area contributed by atoms with Crippen LogP contribution in [-0.4, -0.2) is 28.8 Å². The smallest absolute Gasteiger partial charge is 0.320 e. The third-order valence-corrected chi connectivity index (χ3v) is 3.89. The molecule has 5 heteroatoms. The Morgan fingerprint density at radius 2 is 1.83 bits per heavy atom. The van der Waals surface area contributed by atoms with E-state index in [0.717, 1.165) is 0 Å². The summed E-state index contributed by atoms with van der Waals surface area (Å²) in [6.07, 6.45) is 0. The normalized spacial score (nSPS) is 13.3. The zero-order valence-corrected chi connectivity index (χ0v) is 13.7. The molecule has 0 rings (SSSR count). The molecule has 0 aromatic rings. The third kappa shape index (κ3) is 7.21. The van der Waals surface area contributed by atoms with Crippen LogP contribution in [-0.2, 0) is 14.3 Å². The van der Waals surface area contributed by atoms with Crippen molar-refractivity contribution < 1.29 is 14.3 Å². The molecule has 0 aromatic heterocycles. The Morgan fingerprint density at radius 3 is 2.22 bits per heavy atom. The van der Waals surface area contributed by atoms with E-state index in [1.807, 2.05) is 41.5 Å². The van der Waals surface area contributed by atoms with Gasteiger partial charge in [-0.15, -0.1) is 0 Å². The summed E-state index contributed by atoms with van der Waals surface area (Å²) in [6, 6.07) is 0. The van der Waals surface area contributed by atoms with E-state index in [-0.39, 0.29) is 16.6 Å². The summed E-state index contributed by atoms with van der Waals surface area (Å²) in [4.78, 5) is 12.1. The maximum atomic E-state index is 12.1. The van der Waals surface area contributed by atoms with Gasteiger partial charge in [-0.05, 0) is 30.5 Å². The van der Waals surface area contributed by atoms with Gasteiger partial charge >= 0.3 is 5.97 Å². The van der Waals surface area contributed by atoms with Crippen molar-refractivity contribution in [1.82, 2.24) is 0 Å². The van der Waals surface area contributed by atoms with E-state index < -0.39 is 0 Å². The summed E-state index contributed by atoms with van der Waals surface area (Å²) in [5.41, 5.74) is -0.222. The molecule has 0 aliphatic heterocycles. The first-order valence-electron chi connectivity index (χ1n) is 6.18. The van der Waals surface area contributed by atoms with Crippen LogP contribution in [0.5, 0.6) is 0 Å². The number of hydrogen-bond donors (Lipinski definition) is 0. The highest BCUT2D eigenvalue weighted by Gasteiger charge is 2.35. The van der Waals surface area contributed by atoms with E-state index in [4.69, 9.17) is 21.7 Å². The molecule has 0 fully saturated rings. The van der Waals surface area contributed by atoms with Gasteiger partial charge in [0.15, 0.2) is 0 Å². The highest BCUT2D eigenvalue weighted by Crippen LogP contribution is 2.32. The van der Waals surface area contributed by atoms with Crippen molar-refractivity contribution in [2.75, 3.05) is 13.2 Å². The lowest BCUT2D eigenvalue weighted by Gasteiger charge is -2.28. The summed E-state index contributed by atoms with van der Waals surface area (Å²) in [5.74, 6) is 0.113. The summed E-state index contributed by atoms with van der Waals surface area (Å²) < 4.78 is 10.9. The number of ether oxygens (including phenoxy) is 2. The molecule has 0 radical (unpaired) electrons. The predicted molar refractivity (Wildman–Crippen MR) is 80.9 cm³/mol. The van der Waals surface area contributed by atoms with E-state index in [0.29, 0.717) is 23.5 Å². The van der Waals surface area contributed by atoms with Crippen LogP contribution >= 0.6 is 24.0 Å². The Bertz CT molecular complexity index is 282. The average molecular weight is 292 g/mol. The van der Waals surface area contributed by atoms with Crippen LogP contribution in [0.1, 0.15) is 41.5 Å². The molecule has 1 atom stereocenters. The van der Waals surface area contributed by atoms with Gasteiger partial charge in [-0.2, -0.15) is 0 Å². The molecule has 3 nitrogen and oxygen atoms in total. The van der Waals surface area contributed by atoms with Crippen LogP contribution in [0.25, 0.3) is 0 Å². The number of carbonyl (C=O) groups excluding carboxylic acids is 1. The molecule has 0 aliphatic carbocycles. The second kappa shape index (κ2) is 8.00. The Hall–Kier alpha value is -0.290. The van der Waals surface area contributed by atoms with Crippen molar-refractivity contribution in [3.05, 3.63) is 0 Å². The first-order valence-corrected chi connectivity index (χ1v) is 7.47. The molecule has 0 spiro atoms. The van der Waals surface area contributed by atoms with Gasteiger partial charge in [-0.1, -0.05) is 46.4 Å². The maximum Gasteiger partial charge on any atom is 0.320 e. The highest BCUT2D eigenvalue weighted by molar-refractivity contribution is 8.23. The monoisotopic (exact) mass is 292 g/mol. The summed E-state index contributed by atoms with van der Waals surface area (Å²) >= 11 is 6.36. The van der Waals surface area contributed by atoms with Crippen molar-refractivity contribution in [1.29, 1.82) is 0 Å². The van der Waals surface area contributed by atoms with E-state index in [1.165, 1.54) is 11.8 Å². The zero-order valence-electron chi connectivity index (χ0n) is 12.1. The van der Waals surface area contributed by atoms with Crippen molar-refractivity contribution >= 4 is 34.3 Å². The van der Waals surface area contributed by atoms with Crippen LogP contribution < -0.4 is 0 Å². The molecule has 1 unspecified atom stereocenters. The fourth-order valence-electron chi connectivity index (χ4n) is 1.15. The first kappa shape index (κ1) is 17.7. The summed E-state index contributed by atoms with van der Waals surface area (Å²) in [5, 5.41) is -0.338. The fourth-order valence-corrected chi connectivity index (χ4v) is 2.45. The molecule has 0 saturated heterocycles. The predicted octanol–water partition coefficient (Wildman–Crippen LogP) is 3.65. The number of thioether (sulfide) groups is 1. The number of rotatable bonds is 5. The average Bonchev–Trinajstić information content (AvgIpc) is 2.21. The molecule has 0 aromatic carbocycles. The molecular formula is C13H24O3S2. The van der Waals surface area contributed by atoms with Gasteiger partial charge in [0, 0.05) is 0 Å². The van der Waals surface area contributed by atoms with Gasteiger partial charge in [0.05, 0.1) is 13.2 Å². The van der Waals surface area contributed by atoms with Crippen LogP contribution in [0.2, 0.25) is 0 Å². The molecule has 0 heterocycles. The SMILES string of the molecule is CCOC(=S)SC(C(=O)OCC(C)C)C(C)(C)C. The minimum atomic E-state index is -0.338. The first-order chi connectivity index (χ1) is 8.18. The van der Waals surface area contributed by atoms with Crippen molar-refractivity contribution in [2.45, 2.75) is 46.8 Å². The molecule has 0 aliphatic rings. The number of hydrogen-bond acceptors (Lipinski definition) is 5. The number of esters is 1. The second-order valence-electron chi connectivity index (χ2n) is 5.57. The molecular weight excluding hydrogens is 268 g/mol. The summed E-state index contributed by atoms with van der Waals surface area (Å²) in [7, 11) is 0. The lowest BCUT2D eigenvalue weighted by atomic mass is 9.92. The molecule has 106 valence electrons. The lowest BCUT2D eigenvalue weighted by molar-refractivity contribution is -0.145. The van der Waals surface area contributed by atoms with Crippen molar-refractivity contribution in [3.8, 4) is 0 Å². The van der Waals surface area contributed by atoms with Crippen LogP contribution in [0.3, 0.4) is 0 Å². The van der Waals surface area contributed by atoms with Gasteiger partial charge < -0.3 is 9.47 Å². The largest absolute Gasteiger partial charge is 0.479 e.